The highest BCUT2D eigenvalue weighted by Crippen LogP contribution is 2.38. The van der Waals surface area contributed by atoms with Crippen LogP contribution in [-0.4, -0.2) is 24.4 Å². The van der Waals surface area contributed by atoms with E-state index in [1.807, 2.05) is 6.92 Å². The Hall–Kier alpha value is -1.91. The Labute approximate surface area is 140 Å². The number of benzene rings is 1. The summed E-state index contributed by atoms with van der Waals surface area (Å²) in [6.45, 7) is 2.42. The maximum atomic E-state index is 11.6. The number of ether oxygens (including phenoxy) is 2. The van der Waals surface area contributed by atoms with Gasteiger partial charge in [-0.3, -0.25) is 14.9 Å². The molecule has 1 aromatic carbocycles. The highest BCUT2D eigenvalue weighted by molar-refractivity contribution is 9.10. The molecule has 0 aliphatic carbocycles. The van der Waals surface area contributed by atoms with Gasteiger partial charge in [-0.15, -0.1) is 6.42 Å². The third-order valence-corrected chi connectivity index (χ3v) is 3.97. The predicted octanol–water partition coefficient (Wildman–Crippen LogP) is 3.18. The van der Waals surface area contributed by atoms with Gasteiger partial charge in [-0.25, -0.2) is 0 Å². The first-order valence-corrected chi connectivity index (χ1v) is 7.93. The molecule has 5 nitrogen and oxygen atoms in total. The molecule has 1 N–H and O–H groups in total. The molecule has 1 aliphatic heterocycles. The number of terminal acetylenes is 1. The number of hydrogen-bond donors (Lipinski definition) is 1. The van der Waals surface area contributed by atoms with Gasteiger partial charge in [0.2, 0.25) is 0 Å². The lowest BCUT2D eigenvalue weighted by atomic mass is 10.2. The molecule has 7 heteroatoms. The fourth-order valence-electron chi connectivity index (χ4n) is 1.76. The summed E-state index contributed by atoms with van der Waals surface area (Å²) >= 11 is 4.26. The standard InChI is InChI=1S/C15H12BrNO4S/c1-3-5-21-13-10(16)6-9(7-11(13)20-4-2)8-12-14(18)17-15(19)22-12/h1,6-8H,4-5H2,2H3,(H,17,18,19)/b12-8-. The van der Waals surface area contributed by atoms with Gasteiger partial charge in [-0.2, -0.15) is 0 Å². The van der Waals surface area contributed by atoms with Gasteiger partial charge in [0.05, 0.1) is 16.0 Å². The number of imide groups is 1. The lowest BCUT2D eigenvalue weighted by Crippen LogP contribution is -2.17. The molecular formula is C15H12BrNO4S. The molecule has 0 unspecified atom stereocenters. The van der Waals surface area contributed by atoms with Gasteiger partial charge < -0.3 is 9.47 Å². The first kappa shape index (κ1) is 16.5. The van der Waals surface area contributed by atoms with Gasteiger partial charge >= 0.3 is 0 Å². The normalized spacial score (nSPS) is 15.6. The Morgan fingerprint density at radius 3 is 2.77 bits per heavy atom. The maximum Gasteiger partial charge on any atom is 0.290 e. The third kappa shape index (κ3) is 3.84. The second-order valence-corrected chi connectivity index (χ2v) is 5.98. The summed E-state index contributed by atoms with van der Waals surface area (Å²) in [5, 5.41) is 1.83. The second-order valence-electron chi connectivity index (χ2n) is 4.11. The molecule has 0 radical (unpaired) electrons. The van der Waals surface area contributed by atoms with Gasteiger partial charge in [0.15, 0.2) is 11.5 Å². The molecule has 1 heterocycles. The van der Waals surface area contributed by atoms with Crippen molar-refractivity contribution in [3.05, 3.63) is 27.1 Å². The summed E-state index contributed by atoms with van der Waals surface area (Å²) in [6, 6.07) is 3.49. The Morgan fingerprint density at radius 2 is 2.18 bits per heavy atom. The van der Waals surface area contributed by atoms with Crippen molar-refractivity contribution in [3.63, 3.8) is 0 Å². The molecule has 1 aliphatic rings. The number of nitrogens with one attached hydrogen (secondary N) is 1. The smallest absolute Gasteiger partial charge is 0.290 e. The average molecular weight is 382 g/mol. The molecule has 0 saturated carbocycles. The van der Waals surface area contributed by atoms with Crippen LogP contribution in [0.3, 0.4) is 0 Å². The summed E-state index contributed by atoms with van der Waals surface area (Å²) in [7, 11) is 0. The second kappa shape index (κ2) is 7.38. The van der Waals surface area contributed by atoms with Crippen LogP contribution in [0.15, 0.2) is 21.5 Å². The largest absolute Gasteiger partial charge is 0.490 e. The highest BCUT2D eigenvalue weighted by atomic mass is 79.9. The van der Waals surface area contributed by atoms with Crippen molar-refractivity contribution in [2.24, 2.45) is 0 Å². The molecule has 0 atom stereocenters. The Morgan fingerprint density at radius 1 is 1.41 bits per heavy atom. The molecule has 1 aromatic rings. The van der Waals surface area contributed by atoms with Crippen LogP contribution in [0.4, 0.5) is 4.79 Å². The van der Waals surface area contributed by atoms with Crippen LogP contribution in [0, 0.1) is 12.3 Å². The molecule has 0 bridgehead atoms. The van der Waals surface area contributed by atoms with E-state index >= 15 is 0 Å². The zero-order chi connectivity index (χ0) is 16.1. The Bertz CT molecular complexity index is 694. The van der Waals surface area contributed by atoms with E-state index in [-0.39, 0.29) is 11.8 Å². The van der Waals surface area contributed by atoms with E-state index < -0.39 is 5.91 Å². The zero-order valence-corrected chi connectivity index (χ0v) is 14.0. The molecule has 2 amide bonds. The molecular weight excluding hydrogens is 370 g/mol. The summed E-state index contributed by atoms with van der Waals surface area (Å²) < 4.78 is 11.7. The topological polar surface area (TPSA) is 64.6 Å². The summed E-state index contributed by atoms with van der Waals surface area (Å²) in [5.74, 6) is 3.00. The number of rotatable bonds is 5. The van der Waals surface area contributed by atoms with Crippen molar-refractivity contribution >= 4 is 44.9 Å². The number of carbonyl (C=O) groups excluding carboxylic acids is 2. The van der Waals surface area contributed by atoms with Crippen molar-refractivity contribution in [1.82, 2.24) is 5.32 Å². The fourth-order valence-corrected chi connectivity index (χ4v) is 3.02. The van der Waals surface area contributed by atoms with E-state index in [1.165, 1.54) is 0 Å². The minimum Gasteiger partial charge on any atom is -0.490 e. The highest BCUT2D eigenvalue weighted by Gasteiger charge is 2.25. The van der Waals surface area contributed by atoms with Crippen LogP contribution in [0.2, 0.25) is 0 Å². The minimum atomic E-state index is -0.406. The van der Waals surface area contributed by atoms with Crippen molar-refractivity contribution in [2.75, 3.05) is 13.2 Å². The van der Waals surface area contributed by atoms with Crippen LogP contribution in [0.5, 0.6) is 11.5 Å². The van der Waals surface area contributed by atoms with Crippen LogP contribution in [-0.2, 0) is 4.79 Å². The van der Waals surface area contributed by atoms with Gasteiger partial charge in [-0.05, 0) is 58.4 Å². The first-order chi connectivity index (χ1) is 10.5. The SMILES string of the molecule is C#CCOc1c(Br)cc(/C=C2\SC(=O)NC2=O)cc1OCC. The molecule has 0 aromatic heterocycles. The van der Waals surface area contributed by atoms with Crippen molar-refractivity contribution < 1.29 is 19.1 Å². The summed E-state index contributed by atoms with van der Waals surface area (Å²) in [4.78, 5) is 23.1. The Kier molecular flexibility index (Phi) is 5.52. The quantitative estimate of drug-likeness (QED) is 0.626. The molecule has 1 saturated heterocycles. The number of thioether (sulfide) groups is 1. The summed E-state index contributed by atoms with van der Waals surface area (Å²) in [5.41, 5.74) is 0.704. The summed E-state index contributed by atoms with van der Waals surface area (Å²) in [6.07, 6.45) is 6.81. The zero-order valence-electron chi connectivity index (χ0n) is 11.6. The molecule has 114 valence electrons. The van der Waals surface area contributed by atoms with Crippen molar-refractivity contribution in [2.45, 2.75) is 6.92 Å². The van der Waals surface area contributed by atoms with Crippen molar-refractivity contribution in [3.8, 4) is 23.8 Å². The maximum absolute atomic E-state index is 11.6. The van der Waals surface area contributed by atoms with E-state index in [2.05, 4.69) is 27.2 Å². The van der Waals surface area contributed by atoms with Gasteiger partial charge in [-0.1, -0.05) is 5.92 Å². The number of carbonyl (C=O) groups is 2. The number of halogens is 1. The number of hydrogen-bond acceptors (Lipinski definition) is 5. The molecule has 0 spiro atoms. The monoisotopic (exact) mass is 381 g/mol. The van der Waals surface area contributed by atoms with E-state index in [1.54, 1.807) is 18.2 Å². The van der Waals surface area contributed by atoms with Gasteiger partial charge in [0.1, 0.15) is 6.61 Å². The van der Waals surface area contributed by atoms with Crippen LogP contribution in [0.25, 0.3) is 6.08 Å². The lowest BCUT2D eigenvalue weighted by Gasteiger charge is -2.13. The van der Waals surface area contributed by atoms with Gasteiger partial charge in [0, 0.05) is 0 Å². The van der Waals surface area contributed by atoms with E-state index in [4.69, 9.17) is 15.9 Å². The van der Waals surface area contributed by atoms with Crippen LogP contribution in [0.1, 0.15) is 12.5 Å². The van der Waals surface area contributed by atoms with E-state index in [0.717, 1.165) is 11.8 Å². The third-order valence-electron chi connectivity index (χ3n) is 2.57. The van der Waals surface area contributed by atoms with Gasteiger partial charge in [0.25, 0.3) is 11.1 Å². The minimum absolute atomic E-state index is 0.117. The molecule has 22 heavy (non-hydrogen) atoms. The molecule has 1 fully saturated rings. The van der Waals surface area contributed by atoms with Crippen molar-refractivity contribution in [1.29, 1.82) is 0 Å². The Balaban J connectivity index is 2.38. The first-order valence-electron chi connectivity index (χ1n) is 6.32. The van der Waals surface area contributed by atoms with Crippen LogP contribution >= 0.6 is 27.7 Å². The predicted molar refractivity (Wildman–Crippen MR) is 88.7 cm³/mol. The van der Waals surface area contributed by atoms with E-state index in [0.29, 0.717) is 33.0 Å². The lowest BCUT2D eigenvalue weighted by molar-refractivity contribution is -0.115. The van der Waals surface area contributed by atoms with Crippen LogP contribution < -0.4 is 14.8 Å². The average Bonchev–Trinajstić information content (AvgIpc) is 2.76. The number of amides is 2. The fraction of sp³-hybridized carbons (Fsp3) is 0.200. The van der Waals surface area contributed by atoms with E-state index in [9.17, 15) is 9.59 Å². The molecule has 2 rings (SSSR count).